The number of nitro groups is 1. The number of nitrogens with one attached hydrogen (secondary N) is 2. The SMILES string of the molecule is N#C[C@@H]1C(=O)Nc2nc(N3CCCCC3)[nH]c(=O)c2[C@@H]1c1ccccc1[N+](=O)[O-]. The molecular formula is C19H18N6O4. The van der Waals surface area contributed by atoms with E-state index in [-0.39, 0.29) is 22.6 Å². The first-order valence-electron chi connectivity index (χ1n) is 9.34. The van der Waals surface area contributed by atoms with Crippen LogP contribution in [0, 0.1) is 27.4 Å². The zero-order valence-corrected chi connectivity index (χ0v) is 15.4. The van der Waals surface area contributed by atoms with Gasteiger partial charge in [0, 0.05) is 30.6 Å². The van der Waals surface area contributed by atoms with Gasteiger partial charge in [0.25, 0.3) is 11.2 Å². The number of para-hydroxylation sites is 1. The van der Waals surface area contributed by atoms with Crippen LogP contribution in [-0.2, 0) is 4.79 Å². The Kier molecular flexibility index (Phi) is 4.72. The smallest absolute Gasteiger partial charge is 0.273 e. The van der Waals surface area contributed by atoms with Crippen molar-refractivity contribution in [3.05, 3.63) is 55.9 Å². The summed E-state index contributed by atoms with van der Waals surface area (Å²) in [5.41, 5.74) is -0.568. The summed E-state index contributed by atoms with van der Waals surface area (Å²) in [6, 6.07) is 7.72. The summed E-state index contributed by atoms with van der Waals surface area (Å²) in [4.78, 5) is 45.6. The molecule has 2 aromatic rings. The molecule has 2 aliphatic rings. The molecule has 0 aliphatic carbocycles. The number of aromatic amines is 1. The summed E-state index contributed by atoms with van der Waals surface area (Å²) in [5.74, 6) is -2.60. The number of rotatable bonds is 3. The van der Waals surface area contributed by atoms with Gasteiger partial charge in [-0.25, -0.2) is 0 Å². The van der Waals surface area contributed by atoms with Crippen LogP contribution in [0.25, 0.3) is 0 Å². The number of nitrogens with zero attached hydrogens (tertiary/aromatic N) is 4. The number of amides is 1. The van der Waals surface area contributed by atoms with Gasteiger partial charge in [0.05, 0.1) is 16.6 Å². The van der Waals surface area contributed by atoms with Gasteiger partial charge in [0.15, 0.2) is 0 Å². The molecule has 10 heteroatoms. The van der Waals surface area contributed by atoms with Gasteiger partial charge in [-0.2, -0.15) is 10.2 Å². The monoisotopic (exact) mass is 394 g/mol. The second kappa shape index (κ2) is 7.35. The first-order chi connectivity index (χ1) is 14.0. The van der Waals surface area contributed by atoms with Crippen molar-refractivity contribution in [2.45, 2.75) is 25.2 Å². The van der Waals surface area contributed by atoms with E-state index in [0.717, 1.165) is 32.4 Å². The summed E-state index contributed by atoms with van der Waals surface area (Å²) >= 11 is 0. The molecule has 10 nitrogen and oxygen atoms in total. The Hall–Kier alpha value is -3.74. The summed E-state index contributed by atoms with van der Waals surface area (Å²) in [6.07, 6.45) is 3.05. The standard InChI is InChI=1S/C19H18N6O4/c20-10-12-14(11-6-2-3-7-13(11)25(28)29)15-16(21-17(12)26)22-19(23-18(15)27)24-8-4-1-5-9-24/h2-3,6-7,12,14H,1,4-5,8-9H2,(H2,21,22,23,26,27)/t12-,14+/m0/s1. The largest absolute Gasteiger partial charge is 0.342 e. The molecule has 3 heterocycles. The second-order valence-corrected chi connectivity index (χ2v) is 7.09. The Balaban J connectivity index is 1.90. The lowest BCUT2D eigenvalue weighted by Crippen LogP contribution is -2.40. The average molecular weight is 394 g/mol. The maximum absolute atomic E-state index is 13.0. The molecule has 1 amide bonds. The van der Waals surface area contributed by atoms with Crippen molar-refractivity contribution < 1.29 is 9.72 Å². The Morgan fingerprint density at radius 1 is 1.21 bits per heavy atom. The number of nitriles is 1. The van der Waals surface area contributed by atoms with Crippen molar-refractivity contribution in [3.8, 4) is 6.07 Å². The molecule has 1 aromatic carbocycles. The fourth-order valence-corrected chi connectivity index (χ4v) is 4.01. The zero-order chi connectivity index (χ0) is 20.5. The highest BCUT2D eigenvalue weighted by atomic mass is 16.6. The number of piperidine rings is 1. The number of aromatic nitrogens is 2. The van der Waals surface area contributed by atoms with Crippen molar-refractivity contribution in [2.24, 2.45) is 5.92 Å². The number of carbonyl (C=O) groups excluding carboxylic acids is 1. The molecule has 0 spiro atoms. The van der Waals surface area contributed by atoms with Gasteiger partial charge >= 0.3 is 0 Å². The van der Waals surface area contributed by atoms with E-state index in [4.69, 9.17) is 0 Å². The molecule has 1 saturated heterocycles. The number of nitro benzene ring substituents is 1. The fourth-order valence-electron chi connectivity index (χ4n) is 4.01. The number of hydrogen-bond donors (Lipinski definition) is 2. The van der Waals surface area contributed by atoms with Gasteiger partial charge in [0.1, 0.15) is 11.7 Å². The minimum atomic E-state index is -1.28. The highest BCUT2D eigenvalue weighted by Gasteiger charge is 2.43. The van der Waals surface area contributed by atoms with E-state index in [0.29, 0.717) is 5.95 Å². The lowest BCUT2D eigenvalue weighted by Gasteiger charge is -2.31. The Labute approximate surface area is 165 Å². The van der Waals surface area contributed by atoms with Crippen LogP contribution in [0.2, 0.25) is 0 Å². The van der Waals surface area contributed by atoms with E-state index < -0.39 is 28.2 Å². The van der Waals surface area contributed by atoms with Gasteiger partial charge in [-0.1, -0.05) is 18.2 Å². The number of H-pyrrole nitrogens is 1. The number of hydrogen-bond acceptors (Lipinski definition) is 7. The van der Waals surface area contributed by atoms with Crippen LogP contribution >= 0.6 is 0 Å². The summed E-state index contributed by atoms with van der Waals surface area (Å²) < 4.78 is 0. The van der Waals surface area contributed by atoms with Crippen molar-refractivity contribution in [1.29, 1.82) is 5.26 Å². The summed E-state index contributed by atoms with van der Waals surface area (Å²) in [5, 5.41) is 23.6. The van der Waals surface area contributed by atoms with E-state index in [1.165, 1.54) is 18.2 Å². The fraction of sp³-hybridized carbons (Fsp3) is 0.368. The molecule has 2 atom stereocenters. The van der Waals surface area contributed by atoms with E-state index >= 15 is 0 Å². The molecular weight excluding hydrogens is 376 g/mol. The molecule has 2 N–H and O–H groups in total. The first-order valence-corrected chi connectivity index (χ1v) is 9.34. The van der Waals surface area contributed by atoms with Crippen molar-refractivity contribution in [2.75, 3.05) is 23.3 Å². The third-order valence-corrected chi connectivity index (χ3v) is 5.37. The third kappa shape index (κ3) is 3.20. The van der Waals surface area contributed by atoms with Gasteiger partial charge in [0.2, 0.25) is 11.9 Å². The molecule has 29 heavy (non-hydrogen) atoms. The second-order valence-electron chi connectivity index (χ2n) is 7.09. The van der Waals surface area contributed by atoms with Crippen LogP contribution < -0.4 is 15.8 Å². The zero-order valence-electron chi connectivity index (χ0n) is 15.4. The topological polar surface area (TPSA) is 145 Å². The van der Waals surface area contributed by atoms with E-state index in [2.05, 4.69) is 15.3 Å². The Bertz CT molecular complexity index is 1080. The van der Waals surface area contributed by atoms with E-state index in [9.17, 15) is 25.0 Å². The molecule has 1 aromatic heterocycles. The number of fused-ring (bicyclic) bond motifs is 1. The maximum Gasteiger partial charge on any atom is 0.273 e. The Morgan fingerprint density at radius 2 is 1.93 bits per heavy atom. The molecule has 1 fully saturated rings. The van der Waals surface area contributed by atoms with Crippen molar-refractivity contribution >= 4 is 23.4 Å². The molecule has 148 valence electrons. The van der Waals surface area contributed by atoms with Crippen LogP contribution in [0.1, 0.15) is 36.3 Å². The molecule has 0 bridgehead atoms. The summed E-state index contributed by atoms with van der Waals surface area (Å²) in [7, 11) is 0. The van der Waals surface area contributed by atoms with E-state index in [1.54, 1.807) is 6.07 Å². The number of carbonyl (C=O) groups is 1. The van der Waals surface area contributed by atoms with Gasteiger partial charge < -0.3 is 10.2 Å². The lowest BCUT2D eigenvalue weighted by atomic mass is 9.78. The van der Waals surface area contributed by atoms with Crippen LogP contribution in [0.4, 0.5) is 17.5 Å². The Morgan fingerprint density at radius 3 is 2.62 bits per heavy atom. The van der Waals surface area contributed by atoms with Crippen LogP contribution in [0.3, 0.4) is 0 Å². The minimum absolute atomic E-state index is 0.0500. The van der Waals surface area contributed by atoms with Gasteiger partial charge in [-0.3, -0.25) is 24.7 Å². The van der Waals surface area contributed by atoms with Crippen molar-refractivity contribution in [3.63, 3.8) is 0 Å². The molecule has 0 radical (unpaired) electrons. The van der Waals surface area contributed by atoms with Gasteiger partial charge in [-0.15, -0.1) is 0 Å². The van der Waals surface area contributed by atoms with Crippen LogP contribution in [0.15, 0.2) is 29.1 Å². The first kappa shape index (κ1) is 18.6. The normalized spacial score (nSPS) is 21.1. The van der Waals surface area contributed by atoms with Crippen LogP contribution in [-0.4, -0.2) is 33.9 Å². The highest BCUT2D eigenvalue weighted by molar-refractivity contribution is 5.98. The highest BCUT2D eigenvalue weighted by Crippen LogP contribution is 2.41. The lowest BCUT2D eigenvalue weighted by molar-refractivity contribution is -0.385. The predicted octanol–water partition coefficient (Wildman–Crippen LogP) is 1.89. The molecule has 2 aliphatic heterocycles. The quantitative estimate of drug-likeness (QED) is 0.597. The maximum atomic E-state index is 13.0. The van der Waals surface area contributed by atoms with E-state index in [1.807, 2.05) is 11.0 Å². The minimum Gasteiger partial charge on any atom is -0.342 e. The van der Waals surface area contributed by atoms with Gasteiger partial charge in [-0.05, 0) is 19.3 Å². The van der Waals surface area contributed by atoms with Crippen LogP contribution in [0.5, 0.6) is 0 Å². The molecule has 4 rings (SSSR count). The summed E-state index contributed by atoms with van der Waals surface area (Å²) in [6.45, 7) is 1.48. The third-order valence-electron chi connectivity index (χ3n) is 5.37. The molecule has 0 unspecified atom stereocenters. The predicted molar refractivity (Wildman–Crippen MR) is 104 cm³/mol. The average Bonchev–Trinajstić information content (AvgIpc) is 2.73. The molecule has 0 saturated carbocycles. The van der Waals surface area contributed by atoms with Crippen molar-refractivity contribution in [1.82, 2.24) is 9.97 Å². The number of anilines is 2. The number of benzene rings is 1.